The number of hydrogen-bond donors (Lipinski definition) is 2. The van der Waals surface area contributed by atoms with Crippen molar-refractivity contribution in [1.82, 2.24) is 29.5 Å². The molecule has 0 fully saturated rings. The summed E-state index contributed by atoms with van der Waals surface area (Å²) in [5, 5.41) is 4.28. The van der Waals surface area contributed by atoms with E-state index in [1.807, 2.05) is 25.3 Å². The Labute approximate surface area is 112 Å². The molecular formula is C13H10N6O. The van der Waals surface area contributed by atoms with Crippen LogP contribution in [0.1, 0.15) is 5.56 Å². The molecule has 0 unspecified atom stereocenters. The standard InChI is InChI=1S/C13H10N6O/c1-7-2-3-19-10(4-7)8(5-15-19)11-14-6-9-12(17-11)18-13(20)16-9/h2-6H,1H3,(H2,14,16,17,18,20). The lowest BCUT2D eigenvalue weighted by atomic mass is 10.2. The van der Waals surface area contributed by atoms with Gasteiger partial charge in [-0.25, -0.2) is 19.3 Å². The molecule has 98 valence electrons. The lowest BCUT2D eigenvalue weighted by molar-refractivity contribution is 0.958. The van der Waals surface area contributed by atoms with E-state index in [4.69, 9.17) is 0 Å². The first-order chi connectivity index (χ1) is 9.70. The molecule has 0 aliphatic heterocycles. The van der Waals surface area contributed by atoms with Crippen LogP contribution in [-0.4, -0.2) is 29.5 Å². The molecule has 7 nitrogen and oxygen atoms in total. The molecule has 20 heavy (non-hydrogen) atoms. The second kappa shape index (κ2) is 3.77. The lowest BCUT2D eigenvalue weighted by Gasteiger charge is -1.99. The van der Waals surface area contributed by atoms with E-state index < -0.39 is 0 Å². The van der Waals surface area contributed by atoms with E-state index in [1.54, 1.807) is 16.9 Å². The number of pyridine rings is 1. The second-order valence-electron chi connectivity index (χ2n) is 4.63. The van der Waals surface area contributed by atoms with E-state index in [1.165, 1.54) is 0 Å². The molecule has 2 N–H and O–H groups in total. The number of imidazole rings is 1. The Hall–Kier alpha value is -2.96. The average Bonchev–Trinajstić information content (AvgIpc) is 2.99. The molecule has 0 saturated carbocycles. The van der Waals surface area contributed by atoms with Crippen molar-refractivity contribution in [3.63, 3.8) is 0 Å². The average molecular weight is 266 g/mol. The summed E-state index contributed by atoms with van der Waals surface area (Å²) in [7, 11) is 0. The zero-order valence-electron chi connectivity index (χ0n) is 10.6. The number of hydrogen-bond acceptors (Lipinski definition) is 4. The summed E-state index contributed by atoms with van der Waals surface area (Å²) in [4.78, 5) is 25.2. The minimum atomic E-state index is -0.290. The third kappa shape index (κ3) is 1.53. The maximum Gasteiger partial charge on any atom is 0.325 e. The first-order valence-corrected chi connectivity index (χ1v) is 6.10. The Kier molecular flexibility index (Phi) is 2.06. The van der Waals surface area contributed by atoms with Crippen LogP contribution in [0.4, 0.5) is 0 Å². The van der Waals surface area contributed by atoms with Gasteiger partial charge in [0.2, 0.25) is 0 Å². The molecule has 4 heterocycles. The number of aromatic nitrogens is 6. The van der Waals surface area contributed by atoms with Gasteiger partial charge in [0.25, 0.3) is 0 Å². The lowest BCUT2D eigenvalue weighted by Crippen LogP contribution is -1.99. The largest absolute Gasteiger partial charge is 0.325 e. The van der Waals surface area contributed by atoms with Crippen LogP contribution in [0.3, 0.4) is 0 Å². The van der Waals surface area contributed by atoms with Crippen molar-refractivity contribution in [1.29, 1.82) is 0 Å². The molecule has 4 aromatic heterocycles. The van der Waals surface area contributed by atoms with Gasteiger partial charge in [-0.2, -0.15) is 5.10 Å². The van der Waals surface area contributed by atoms with Crippen LogP contribution >= 0.6 is 0 Å². The highest BCUT2D eigenvalue weighted by Crippen LogP contribution is 2.22. The van der Waals surface area contributed by atoms with E-state index in [0.717, 1.165) is 16.6 Å². The summed E-state index contributed by atoms with van der Waals surface area (Å²) in [5.41, 5.74) is 3.69. The van der Waals surface area contributed by atoms with Gasteiger partial charge in [0, 0.05) is 6.20 Å². The first-order valence-electron chi connectivity index (χ1n) is 6.10. The van der Waals surface area contributed by atoms with Crippen LogP contribution in [0.2, 0.25) is 0 Å². The highest BCUT2D eigenvalue weighted by atomic mass is 16.1. The number of rotatable bonds is 1. The van der Waals surface area contributed by atoms with E-state index >= 15 is 0 Å². The van der Waals surface area contributed by atoms with Crippen molar-refractivity contribution in [3.05, 3.63) is 46.8 Å². The third-order valence-electron chi connectivity index (χ3n) is 3.19. The summed E-state index contributed by atoms with van der Waals surface area (Å²) < 4.78 is 1.77. The second-order valence-corrected chi connectivity index (χ2v) is 4.63. The fourth-order valence-corrected chi connectivity index (χ4v) is 2.22. The van der Waals surface area contributed by atoms with Crippen LogP contribution in [0.15, 0.2) is 35.5 Å². The molecule has 0 aromatic carbocycles. The molecule has 0 aliphatic carbocycles. The van der Waals surface area contributed by atoms with Gasteiger partial charge >= 0.3 is 5.69 Å². The number of fused-ring (bicyclic) bond motifs is 2. The van der Waals surface area contributed by atoms with Crippen molar-refractivity contribution in [2.24, 2.45) is 0 Å². The van der Waals surface area contributed by atoms with Crippen molar-refractivity contribution >= 4 is 16.7 Å². The third-order valence-corrected chi connectivity index (χ3v) is 3.19. The van der Waals surface area contributed by atoms with Crippen molar-refractivity contribution in [2.45, 2.75) is 6.92 Å². The summed E-state index contributed by atoms with van der Waals surface area (Å²) in [6.45, 7) is 2.02. The maximum absolute atomic E-state index is 11.2. The number of aromatic amines is 2. The monoisotopic (exact) mass is 266 g/mol. The minimum absolute atomic E-state index is 0.290. The molecule has 0 aliphatic rings. The number of nitrogens with one attached hydrogen (secondary N) is 2. The van der Waals surface area contributed by atoms with Gasteiger partial charge in [0.05, 0.1) is 23.5 Å². The quantitative estimate of drug-likeness (QED) is 0.542. The molecule has 0 amide bonds. The van der Waals surface area contributed by atoms with Gasteiger partial charge in [-0.1, -0.05) is 0 Å². The van der Waals surface area contributed by atoms with Gasteiger partial charge in [-0.05, 0) is 24.6 Å². The molecule has 0 spiro atoms. The minimum Gasteiger partial charge on any atom is -0.303 e. The van der Waals surface area contributed by atoms with Crippen LogP contribution in [0.5, 0.6) is 0 Å². The van der Waals surface area contributed by atoms with Gasteiger partial charge in [-0.3, -0.25) is 4.98 Å². The zero-order valence-corrected chi connectivity index (χ0v) is 10.6. The molecular weight excluding hydrogens is 256 g/mol. The van der Waals surface area contributed by atoms with E-state index in [0.29, 0.717) is 17.0 Å². The summed E-state index contributed by atoms with van der Waals surface area (Å²) in [6, 6.07) is 4.01. The molecule has 0 radical (unpaired) electrons. The summed E-state index contributed by atoms with van der Waals surface area (Å²) in [5.74, 6) is 0.536. The predicted molar refractivity (Wildman–Crippen MR) is 73.4 cm³/mol. The van der Waals surface area contributed by atoms with E-state index in [2.05, 4.69) is 25.0 Å². The van der Waals surface area contributed by atoms with Crippen LogP contribution in [0, 0.1) is 6.92 Å². The predicted octanol–water partition coefficient (Wildman–Crippen LogP) is 1.27. The van der Waals surface area contributed by atoms with Gasteiger partial charge in [0.15, 0.2) is 11.5 Å². The molecule has 4 aromatic rings. The molecule has 7 heteroatoms. The molecule has 0 atom stereocenters. The Balaban J connectivity index is 2.00. The van der Waals surface area contributed by atoms with Gasteiger partial charge in [-0.15, -0.1) is 0 Å². The smallest absolute Gasteiger partial charge is 0.303 e. The summed E-state index contributed by atoms with van der Waals surface area (Å²) >= 11 is 0. The first kappa shape index (κ1) is 10.9. The Morgan fingerprint density at radius 2 is 2.15 bits per heavy atom. The van der Waals surface area contributed by atoms with Gasteiger partial charge < -0.3 is 4.98 Å². The van der Waals surface area contributed by atoms with Crippen molar-refractivity contribution in [3.8, 4) is 11.4 Å². The Morgan fingerprint density at radius 3 is 3.05 bits per heavy atom. The Morgan fingerprint density at radius 1 is 1.25 bits per heavy atom. The highest BCUT2D eigenvalue weighted by Gasteiger charge is 2.11. The van der Waals surface area contributed by atoms with E-state index in [9.17, 15) is 4.79 Å². The number of nitrogens with zero attached hydrogens (tertiary/aromatic N) is 4. The van der Waals surface area contributed by atoms with Crippen molar-refractivity contribution < 1.29 is 0 Å². The number of aryl methyl sites for hydroxylation is 1. The SMILES string of the molecule is Cc1ccn2ncc(-c3ncc4[nH]c(=O)[nH]c4n3)c2c1. The maximum atomic E-state index is 11.2. The van der Waals surface area contributed by atoms with E-state index in [-0.39, 0.29) is 5.69 Å². The fourth-order valence-electron chi connectivity index (χ4n) is 2.22. The Bertz CT molecular complexity index is 993. The van der Waals surface area contributed by atoms with Crippen LogP contribution < -0.4 is 5.69 Å². The number of H-pyrrole nitrogens is 2. The zero-order chi connectivity index (χ0) is 13.7. The molecule has 0 saturated heterocycles. The normalized spacial score (nSPS) is 11.4. The molecule has 4 rings (SSSR count). The van der Waals surface area contributed by atoms with Gasteiger partial charge in [0.1, 0.15) is 5.52 Å². The topological polar surface area (TPSA) is 91.7 Å². The summed E-state index contributed by atoms with van der Waals surface area (Å²) in [6.07, 6.45) is 5.21. The fraction of sp³-hybridized carbons (Fsp3) is 0.0769. The molecule has 0 bridgehead atoms. The van der Waals surface area contributed by atoms with Crippen molar-refractivity contribution in [2.75, 3.05) is 0 Å². The van der Waals surface area contributed by atoms with Crippen LogP contribution in [0.25, 0.3) is 28.1 Å². The van der Waals surface area contributed by atoms with Crippen LogP contribution in [-0.2, 0) is 0 Å². The highest BCUT2D eigenvalue weighted by molar-refractivity contribution is 5.79.